The summed E-state index contributed by atoms with van der Waals surface area (Å²) in [5.41, 5.74) is 4.88. The highest BCUT2D eigenvalue weighted by Gasteiger charge is 2.11. The van der Waals surface area contributed by atoms with E-state index >= 15 is 0 Å². The van der Waals surface area contributed by atoms with Crippen molar-refractivity contribution in [2.24, 2.45) is 5.10 Å². The van der Waals surface area contributed by atoms with Crippen LogP contribution in [0.3, 0.4) is 0 Å². The molecule has 0 fully saturated rings. The first kappa shape index (κ1) is 16.1. The fourth-order valence-electron chi connectivity index (χ4n) is 2.33. The Morgan fingerprint density at radius 2 is 2.08 bits per heavy atom. The Morgan fingerprint density at radius 3 is 2.83 bits per heavy atom. The summed E-state index contributed by atoms with van der Waals surface area (Å²) in [7, 11) is 1.62. The predicted octanol–water partition coefficient (Wildman–Crippen LogP) is 4.17. The van der Waals surface area contributed by atoms with Gasteiger partial charge in [0.25, 0.3) is 0 Å². The molecular formula is C18H15ClN2O3. The molecule has 1 heterocycles. The average molecular weight is 343 g/mol. The first-order chi connectivity index (χ1) is 11.6. The van der Waals surface area contributed by atoms with E-state index in [2.05, 4.69) is 10.5 Å². The topological polar surface area (TPSA) is 63.8 Å². The number of nitrogens with zero attached hydrogens (tertiary/aromatic N) is 1. The number of aryl methyl sites for hydroxylation is 1. The zero-order valence-electron chi connectivity index (χ0n) is 13.2. The fraction of sp³-hybridized carbons (Fsp3) is 0.111. The molecule has 0 aliphatic heterocycles. The third-order valence-electron chi connectivity index (χ3n) is 3.50. The van der Waals surface area contributed by atoms with Crippen LogP contribution in [0.4, 0.5) is 0 Å². The van der Waals surface area contributed by atoms with Gasteiger partial charge < -0.3 is 9.15 Å². The van der Waals surface area contributed by atoms with Crippen molar-refractivity contribution in [3.8, 4) is 5.75 Å². The first-order valence-electron chi connectivity index (χ1n) is 7.24. The van der Waals surface area contributed by atoms with E-state index in [0.29, 0.717) is 10.6 Å². The van der Waals surface area contributed by atoms with Gasteiger partial charge in [0.1, 0.15) is 11.3 Å². The van der Waals surface area contributed by atoms with E-state index in [1.54, 1.807) is 37.6 Å². The van der Waals surface area contributed by atoms with E-state index in [9.17, 15) is 4.79 Å². The smallest absolute Gasteiger partial charge is 0.307 e. The number of carbonyl (C=O) groups excluding carboxylic acids is 1. The lowest BCUT2D eigenvalue weighted by molar-refractivity contribution is 0.0929. The van der Waals surface area contributed by atoms with Gasteiger partial charge in [-0.1, -0.05) is 11.6 Å². The van der Waals surface area contributed by atoms with Gasteiger partial charge in [-0.3, -0.25) is 4.79 Å². The van der Waals surface area contributed by atoms with Crippen molar-refractivity contribution < 1.29 is 13.9 Å². The lowest BCUT2D eigenvalue weighted by Gasteiger charge is -2.04. The summed E-state index contributed by atoms with van der Waals surface area (Å²) in [5.74, 6) is 0.552. The summed E-state index contributed by atoms with van der Waals surface area (Å²) in [4.78, 5) is 12.1. The van der Waals surface area contributed by atoms with Gasteiger partial charge in [-0.25, -0.2) is 5.43 Å². The van der Waals surface area contributed by atoms with Crippen LogP contribution in [0.15, 0.2) is 52.0 Å². The number of methoxy groups -OCH3 is 1. The Bertz CT molecular complexity index is 931. The SMILES string of the molecule is COc1ccc(/C=N/NC(=O)c2cc3cc(Cl)ccc3o2)cc1C. The highest BCUT2D eigenvalue weighted by molar-refractivity contribution is 6.31. The van der Waals surface area contributed by atoms with Gasteiger partial charge in [0, 0.05) is 10.4 Å². The Labute approximate surface area is 143 Å². The summed E-state index contributed by atoms with van der Waals surface area (Å²) in [5, 5.41) is 5.30. The standard InChI is InChI=1S/C18H15ClN2O3/c1-11-7-12(3-5-15(11)23-2)10-20-21-18(22)17-9-13-8-14(19)4-6-16(13)24-17/h3-10H,1-2H3,(H,21,22)/b20-10+. The molecule has 0 unspecified atom stereocenters. The van der Waals surface area contributed by atoms with Gasteiger partial charge in [0.2, 0.25) is 0 Å². The first-order valence-corrected chi connectivity index (χ1v) is 7.62. The van der Waals surface area contributed by atoms with Crippen LogP contribution >= 0.6 is 11.6 Å². The van der Waals surface area contributed by atoms with E-state index in [-0.39, 0.29) is 5.76 Å². The van der Waals surface area contributed by atoms with Crippen LogP contribution in [0.2, 0.25) is 5.02 Å². The molecule has 0 radical (unpaired) electrons. The minimum Gasteiger partial charge on any atom is -0.496 e. The molecular weight excluding hydrogens is 328 g/mol. The van der Waals surface area contributed by atoms with Crippen molar-refractivity contribution in [1.82, 2.24) is 5.43 Å². The van der Waals surface area contributed by atoms with Crippen LogP contribution in [-0.4, -0.2) is 19.2 Å². The van der Waals surface area contributed by atoms with Crippen LogP contribution in [0.1, 0.15) is 21.7 Å². The minimum absolute atomic E-state index is 0.176. The molecule has 0 aliphatic carbocycles. The van der Waals surface area contributed by atoms with Crippen LogP contribution in [0, 0.1) is 6.92 Å². The number of hydrogen-bond donors (Lipinski definition) is 1. The molecule has 0 aliphatic rings. The second kappa shape index (κ2) is 6.76. The van der Waals surface area contributed by atoms with Crippen LogP contribution in [0.25, 0.3) is 11.0 Å². The maximum atomic E-state index is 12.1. The molecule has 0 saturated heterocycles. The highest BCUT2D eigenvalue weighted by Crippen LogP contribution is 2.23. The number of furan rings is 1. The summed E-state index contributed by atoms with van der Waals surface area (Å²) >= 11 is 5.92. The number of benzene rings is 2. The van der Waals surface area contributed by atoms with Gasteiger partial charge >= 0.3 is 5.91 Å². The molecule has 2 aromatic carbocycles. The molecule has 1 amide bonds. The molecule has 5 nitrogen and oxygen atoms in total. The number of carbonyl (C=O) groups is 1. The average Bonchev–Trinajstić information content (AvgIpc) is 2.98. The molecule has 6 heteroatoms. The summed E-state index contributed by atoms with van der Waals surface area (Å²) in [6.45, 7) is 1.94. The molecule has 3 rings (SSSR count). The second-order valence-electron chi connectivity index (χ2n) is 5.22. The van der Waals surface area contributed by atoms with Crippen molar-refractivity contribution in [2.75, 3.05) is 7.11 Å². The maximum Gasteiger partial charge on any atom is 0.307 e. The van der Waals surface area contributed by atoms with Gasteiger partial charge in [-0.2, -0.15) is 5.10 Å². The molecule has 0 saturated carbocycles. The third-order valence-corrected chi connectivity index (χ3v) is 3.74. The third kappa shape index (κ3) is 3.41. The van der Waals surface area contributed by atoms with Gasteiger partial charge in [-0.15, -0.1) is 0 Å². The summed E-state index contributed by atoms with van der Waals surface area (Å²) in [6, 6.07) is 12.4. The summed E-state index contributed by atoms with van der Waals surface area (Å²) < 4.78 is 10.7. The number of halogens is 1. The maximum absolute atomic E-state index is 12.1. The molecule has 0 bridgehead atoms. The van der Waals surface area contributed by atoms with Gasteiger partial charge in [0.05, 0.1) is 13.3 Å². The molecule has 0 atom stereocenters. The van der Waals surface area contributed by atoms with Crippen molar-refractivity contribution in [3.05, 3.63) is 64.4 Å². The molecule has 1 aromatic heterocycles. The lowest BCUT2D eigenvalue weighted by Crippen LogP contribution is -2.16. The number of rotatable bonds is 4. The van der Waals surface area contributed by atoms with E-state index in [0.717, 1.165) is 22.3 Å². The van der Waals surface area contributed by atoms with Crippen molar-refractivity contribution in [1.29, 1.82) is 0 Å². The molecule has 24 heavy (non-hydrogen) atoms. The largest absolute Gasteiger partial charge is 0.496 e. The lowest BCUT2D eigenvalue weighted by atomic mass is 10.1. The van der Waals surface area contributed by atoms with Crippen LogP contribution in [0.5, 0.6) is 5.75 Å². The zero-order valence-corrected chi connectivity index (χ0v) is 13.9. The number of amides is 1. The van der Waals surface area contributed by atoms with E-state index in [4.69, 9.17) is 20.8 Å². The van der Waals surface area contributed by atoms with Crippen molar-refractivity contribution in [2.45, 2.75) is 6.92 Å². The Hall–Kier alpha value is -2.79. The van der Waals surface area contributed by atoms with Gasteiger partial charge in [0.15, 0.2) is 5.76 Å². The zero-order chi connectivity index (χ0) is 17.1. The molecule has 0 spiro atoms. The second-order valence-corrected chi connectivity index (χ2v) is 5.66. The Morgan fingerprint density at radius 1 is 1.25 bits per heavy atom. The Balaban J connectivity index is 1.71. The van der Waals surface area contributed by atoms with Crippen molar-refractivity contribution in [3.63, 3.8) is 0 Å². The summed E-state index contributed by atoms with van der Waals surface area (Å²) in [6.07, 6.45) is 1.56. The van der Waals surface area contributed by atoms with E-state index < -0.39 is 5.91 Å². The number of fused-ring (bicyclic) bond motifs is 1. The van der Waals surface area contributed by atoms with E-state index in [1.807, 2.05) is 25.1 Å². The van der Waals surface area contributed by atoms with Crippen LogP contribution < -0.4 is 10.2 Å². The van der Waals surface area contributed by atoms with E-state index in [1.165, 1.54) is 0 Å². The molecule has 3 aromatic rings. The normalized spacial score (nSPS) is 11.1. The minimum atomic E-state index is -0.427. The predicted molar refractivity (Wildman–Crippen MR) is 94.0 cm³/mol. The number of hydrogen-bond acceptors (Lipinski definition) is 4. The number of ether oxygens (including phenoxy) is 1. The number of hydrazone groups is 1. The monoisotopic (exact) mass is 342 g/mol. The molecule has 122 valence electrons. The highest BCUT2D eigenvalue weighted by atomic mass is 35.5. The quantitative estimate of drug-likeness (QED) is 0.571. The van der Waals surface area contributed by atoms with Gasteiger partial charge in [-0.05, 0) is 60.5 Å². The van der Waals surface area contributed by atoms with Crippen LogP contribution in [-0.2, 0) is 0 Å². The molecule has 1 N–H and O–H groups in total. The fourth-order valence-corrected chi connectivity index (χ4v) is 2.51. The Kier molecular flexibility index (Phi) is 4.53. The van der Waals surface area contributed by atoms with Crippen molar-refractivity contribution >= 4 is 34.7 Å². The number of nitrogens with one attached hydrogen (secondary N) is 1.